The van der Waals surface area contributed by atoms with Crippen LogP contribution in [0.25, 0.3) is 0 Å². The van der Waals surface area contributed by atoms with Crippen molar-refractivity contribution in [3.63, 3.8) is 0 Å². The van der Waals surface area contributed by atoms with Crippen molar-refractivity contribution in [3.8, 4) is 0 Å². The van der Waals surface area contributed by atoms with Gasteiger partial charge in [0.05, 0.1) is 0 Å². The Kier molecular flexibility index (Phi) is 4.93. The number of carbonyl (C=O) groups is 1. The number of hydrogen-bond donors (Lipinski definition) is 0. The van der Waals surface area contributed by atoms with Crippen LogP contribution < -0.4 is 0 Å². The van der Waals surface area contributed by atoms with Crippen molar-refractivity contribution in [1.29, 1.82) is 0 Å². The third kappa shape index (κ3) is 3.26. The van der Waals surface area contributed by atoms with E-state index >= 15 is 0 Å². The van der Waals surface area contributed by atoms with Crippen LogP contribution in [0.3, 0.4) is 0 Å². The summed E-state index contributed by atoms with van der Waals surface area (Å²) in [6.45, 7) is 4.43. The SMILES string of the molecule is CC(C)C1CCCCC1OC(=O)CBr. The molecular weight excluding hydrogens is 244 g/mol. The molecule has 1 aliphatic rings. The van der Waals surface area contributed by atoms with Gasteiger partial charge in [-0.2, -0.15) is 0 Å². The molecule has 0 radical (unpaired) electrons. The van der Waals surface area contributed by atoms with Crippen molar-refractivity contribution in [2.24, 2.45) is 11.8 Å². The summed E-state index contributed by atoms with van der Waals surface area (Å²) < 4.78 is 5.43. The monoisotopic (exact) mass is 262 g/mol. The van der Waals surface area contributed by atoms with Crippen LogP contribution in [0.2, 0.25) is 0 Å². The van der Waals surface area contributed by atoms with Gasteiger partial charge in [-0.1, -0.05) is 36.2 Å². The smallest absolute Gasteiger partial charge is 0.316 e. The Morgan fingerprint density at radius 1 is 1.43 bits per heavy atom. The highest BCUT2D eigenvalue weighted by Crippen LogP contribution is 2.32. The Balaban J connectivity index is 2.49. The molecule has 1 fully saturated rings. The summed E-state index contributed by atoms with van der Waals surface area (Å²) in [5, 5.41) is 0.314. The van der Waals surface area contributed by atoms with Crippen LogP contribution in [-0.2, 0) is 9.53 Å². The van der Waals surface area contributed by atoms with Crippen molar-refractivity contribution < 1.29 is 9.53 Å². The molecule has 1 saturated carbocycles. The maximum absolute atomic E-state index is 11.2. The van der Waals surface area contributed by atoms with Crippen LogP contribution >= 0.6 is 15.9 Å². The molecule has 2 nitrogen and oxygen atoms in total. The molecule has 0 aromatic heterocycles. The Bertz CT molecular complexity index is 192. The van der Waals surface area contributed by atoms with Gasteiger partial charge >= 0.3 is 5.97 Å². The molecule has 0 aliphatic heterocycles. The van der Waals surface area contributed by atoms with E-state index in [1.807, 2.05) is 0 Å². The van der Waals surface area contributed by atoms with Gasteiger partial charge < -0.3 is 4.74 Å². The van der Waals surface area contributed by atoms with Crippen LogP contribution in [-0.4, -0.2) is 17.4 Å². The number of alkyl halides is 1. The normalized spacial score (nSPS) is 27.7. The molecule has 2 atom stereocenters. The third-order valence-electron chi connectivity index (χ3n) is 3.00. The first-order valence-corrected chi connectivity index (χ1v) is 6.52. The van der Waals surface area contributed by atoms with Gasteiger partial charge in [-0.3, -0.25) is 4.79 Å². The van der Waals surface area contributed by atoms with E-state index in [0.717, 1.165) is 6.42 Å². The number of rotatable bonds is 3. The summed E-state index contributed by atoms with van der Waals surface area (Å²) in [4.78, 5) is 11.2. The molecule has 82 valence electrons. The first kappa shape index (κ1) is 12.0. The van der Waals surface area contributed by atoms with Gasteiger partial charge in [0, 0.05) is 0 Å². The van der Waals surface area contributed by atoms with Gasteiger partial charge in [0.1, 0.15) is 11.4 Å². The zero-order chi connectivity index (χ0) is 10.6. The fourth-order valence-electron chi connectivity index (χ4n) is 2.23. The standard InChI is InChI=1S/C11H19BrO2/c1-8(2)9-5-3-4-6-10(9)14-11(13)7-12/h8-10H,3-7H2,1-2H3. The quantitative estimate of drug-likeness (QED) is 0.577. The molecule has 1 rings (SSSR count). The number of carbonyl (C=O) groups excluding carboxylic acids is 1. The summed E-state index contributed by atoms with van der Waals surface area (Å²) in [7, 11) is 0. The van der Waals surface area contributed by atoms with Gasteiger partial charge in [-0.15, -0.1) is 0 Å². The molecule has 3 heteroatoms. The molecule has 0 amide bonds. The minimum absolute atomic E-state index is 0.123. The molecule has 0 bridgehead atoms. The van der Waals surface area contributed by atoms with E-state index in [0.29, 0.717) is 17.2 Å². The topological polar surface area (TPSA) is 26.3 Å². The van der Waals surface area contributed by atoms with E-state index in [2.05, 4.69) is 29.8 Å². The van der Waals surface area contributed by atoms with E-state index in [1.165, 1.54) is 19.3 Å². The Morgan fingerprint density at radius 2 is 2.07 bits per heavy atom. The fraction of sp³-hybridized carbons (Fsp3) is 0.909. The summed E-state index contributed by atoms with van der Waals surface area (Å²) in [5.74, 6) is 1.05. The van der Waals surface area contributed by atoms with Crippen LogP contribution in [0, 0.1) is 11.8 Å². The van der Waals surface area contributed by atoms with Gasteiger partial charge in [-0.05, 0) is 31.1 Å². The Hall–Kier alpha value is -0.0500. The molecule has 0 N–H and O–H groups in total. The number of halogens is 1. The van der Waals surface area contributed by atoms with Crippen LogP contribution in [0.1, 0.15) is 39.5 Å². The molecule has 0 spiro atoms. The third-order valence-corrected chi connectivity index (χ3v) is 3.46. The molecule has 0 saturated heterocycles. The lowest BCUT2D eigenvalue weighted by molar-refractivity contribution is -0.151. The lowest BCUT2D eigenvalue weighted by Crippen LogP contribution is -2.33. The highest BCUT2D eigenvalue weighted by molar-refractivity contribution is 9.09. The van der Waals surface area contributed by atoms with Crippen molar-refractivity contribution in [2.45, 2.75) is 45.6 Å². The Morgan fingerprint density at radius 3 is 2.64 bits per heavy atom. The number of ether oxygens (including phenoxy) is 1. The summed E-state index contributed by atoms with van der Waals surface area (Å²) in [5.41, 5.74) is 0. The molecule has 2 unspecified atom stereocenters. The predicted octanol–water partition coefficient (Wildman–Crippen LogP) is 3.14. The lowest BCUT2D eigenvalue weighted by atomic mass is 9.79. The molecule has 0 aromatic carbocycles. The lowest BCUT2D eigenvalue weighted by Gasteiger charge is -2.33. The molecule has 14 heavy (non-hydrogen) atoms. The summed E-state index contributed by atoms with van der Waals surface area (Å²) >= 11 is 3.12. The highest BCUT2D eigenvalue weighted by atomic mass is 79.9. The number of hydrogen-bond acceptors (Lipinski definition) is 2. The molecule has 0 heterocycles. The van der Waals surface area contributed by atoms with Gasteiger partial charge in [-0.25, -0.2) is 0 Å². The zero-order valence-electron chi connectivity index (χ0n) is 8.96. The first-order valence-electron chi connectivity index (χ1n) is 5.40. The highest BCUT2D eigenvalue weighted by Gasteiger charge is 2.29. The van der Waals surface area contributed by atoms with Crippen molar-refractivity contribution in [1.82, 2.24) is 0 Å². The van der Waals surface area contributed by atoms with E-state index in [1.54, 1.807) is 0 Å². The first-order chi connectivity index (χ1) is 6.65. The van der Waals surface area contributed by atoms with Crippen molar-refractivity contribution in [3.05, 3.63) is 0 Å². The molecule has 1 aliphatic carbocycles. The Labute approximate surface area is 94.5 Å². The van der Waals surface area contributed by atoms with Crippen molar-refractivity contribution in [2.75, 3.05) is 5.33 Å². The van der Waals surface area contributed by atoms with E-state index in [4.69, 9.17) is 4.74 Å². The van der Waals surface area contributed by atoms with Crippen molar-refractivity contribution >= 4 is 21.9 Å². The maximum atomic E-state index is 11.2. The van der Waals surface area contributed by atoms with Gasteiger partial charge in [0.25, 0.3) is 0 Å². The second kappa shape index (κ2) is 5.74. The predicted molar refractivity (Wildman–Crippen MR) is 60.5 cm³/mol. The second-order valence-corrected chi connectivity index (χ2v) is 4.92. The van der Waals surface area contributed by atoms with Crippen LogP contribution in [0.4, 0.5) is 0 Å². The van der Waals surface area contributed by atoms with Gasteiger partial charge in [0.2, 0.25) is 0 Å². The largest absolute Gasteiger partial charge is 0.461 e. The minimum atomic E-state index is -0.123. The zero-order valence-corrected chi connectivity index (χ0v) is 10.5. The van der Waals surface area contributed by atoms with E-state index in [-0.39, 0.29) is 12.1 Å². The fourth-order valence-corrected chi connectivity index (χ4v) is 2.37. The second-order valence-electron chi connectivity index (χ2n) is 4.35. The average Bonchev–Trinajstić information content (AvgIpc) is 2.18. The maximum Gasteiger partial charge on any atom is 0.316 e. The molecule has 0 aromatic rings. The minimum Gasteiger partial charge on any atom is -0.461 e. The summed E-state index contributed by atoms with van der Waals surface area (Å²) in [6, 6.07) is 0. The summed E-state index contributed by atoms with van der Waals surface area (Å²) in [6.07, 6.45) is 4.89. The average molecular weight is 263 g/mol. The van der Waals surface area contributed by atoms with Crippen LogP contribution in [0.15, 0.2) is 0 Å². The van der Waals surface area contributed by atoms with Crippen LogP contribution in [0.5, 0.6) is 0 Å². The van der Waals surface area contributed by atoms with E-state index in [9.17, 15) is 4.79 Å². The molecular formula is C11H19BrO2. The van der Waals surface area contributed by atoms with Gasteiger partial charge in [0.15, 0.2) is 0 Å². The van der Waals surface area contributed by atoms with E-state index < -0.39 is 0 Å². The number of esters is 1.